The number of aliphatic hydroxyl groups is 2. The number of aliphatic hydroxyl groups excluding tert-OH is 2. The van der Waals surface area contributed by atoms with Crippen molar-refractivity contribution in [1.82, 2.24) is 20.0 Å². The minimum absolute atomic E-state index is 0.340. The first-order valence-electron chi connectivity index (χ1n) is 8.92. The minimum Gasteiger partial charge on any atom is -0.394 e. The molecule has 4 atom stereocenters. The molecule has 2 unspecified atom stereocenters. The number of rotatable bonds is 5. The molecule has 1 saturated heterocycles. The third kappa shape index (κ3) is 4.29. The van der Waals surface area contributed by atoms with E-state index in [0.717, 1.165) is 4.90 Å². The quantitative estimate of drug-likeness (QED) is 0.518. The lowest BCUT2D eigenvalue weighted by molar-refractivity contribution is -0.130. The summed E-state index contributed by atoms with van der Waals surface area (Å²) in [5.41, 5.74) is 6.86. The van der Waals surface area contributed by atoms with E-state index in [4.69, 9.17) is 27.3 Å². The van der Waals surface area contributed by atoms with Gasteiger partial charge in [0.05, 0.1) is 29.4 Å². The number of anilines is 1. The lowest BCUT2D eigenvalue weighted by Gasteiger charge is -2.38. The van der Waals surface area contributed by atoms with Crippen LogP contribution in [0.5, 0.6) is 0 Å². The van der Waals surface area contributed by atoms with Crippen LogP contribution in [0.15, 0.2) is 34.7 Å². The predicted octanol–water partition coefficient (Wildman–Crippen LogP) is 2.31. The maximum atomic E-state index is 10.7. The van der Waals surface area contributed by atoms with Crippen LogP contribution >= 0.6 is 34.7 Å². The Morgan fingerprint density at radius 1 is 1.43 bits per heavy atom. The Balaban J connectivity index is 1.55. The zero-order chi connectivity index (χ0) is 21.3. The van der Waals surface area contributed by atoms with Crippen LogP contribution in [0, 0.1) is 11.3 Å². The summed E-state index contributed by atoms with van der Waals surface area (Å²) in [5.74, 6) is 0. The summed E-state index contributed by atoms with van der Waals surface area (Å²) < 4.78 is 7.43. The second-order valence-electron chi connectivity index (χ2n) is 6.61. The second kappa shape index (κ2) is 8.89. The van der Waals surface area contributed by atoms with Gasteiger partial charge in [0.1, 0.15) is 35.1 Å². The summed E-state index contributed by atoms with van der Waals surface area (Å²) in [7, 11) is 0. The summed E-state index contributed by atoms with van der Waals surface area (Å²) in [4.78, 5) is 5.01. The van der Waals surface area contributed by atoms with E-state index in [1.165, 1.54) is 23.1 Å². The predicted molar refractivity (Wildman–Crippen MR) is 113 cm³/mol. The van der Waals surface area contributed by atoms with E-state index in [-0.39, 0.29) is 12.0 Å². The van der Waals surface area contributed by atoms with E-state index in [0.29, 0.717) is 33.5 Å². The maximum absolute atomic E-state index is 10.7. The lowest BCUT2D eigenvalue weighted by Crippen LogP contribution is -2.47. The highest BCUT2D eigenvalue weighted by Gasteiger charge is 2.39. The third-order valence-electron chi connectivity index (χ3n) is 4.68. The Hall–Kier alpha value is -2.20. The number of aromatic nitrogens is 4. The molecule has 1 fully saturated rings. The van der Waals surface area contributed by atoms with Gasteiger partial charge in [-0.05, 0) is 18.2 Å². The molecule has 1 aliphatic rings. The Morgan fingerprint density at radius 2 is 2.27 bits per heavy atom. The van der Waals surface area contributed by atoms with Crippen molar-refractivity contribution in [2.45, 2.75) is 35.0 Å². The van der Waals surface area contributed by atoms with E-state index in [9.17, 15) is 10.2 Å². The zero-order valence-corrected chi connectivity index (χ0v) is 17.8. The second-order valence-corrected chi connectivity index (χ2v) is 9.14. The van der Waals surface area contributed by atoms with Gasteiger partial charge in [-0.2, -0.15) is 5.26 Å². The third-order valence-corrected chi connectivity index (χ3v) is 6.76. The van der Waals surface area contributed by atoms with Crippen molar-refractivity contribution in [3.8, 4) is 17.5 Å². The van der Waals surface area contributed by atoms with E-state index >= 15 is 0 Å². The van der Waals surface area contributed by atoms with Crippen molar-refractivity contribution in [1.29, 1.82) is 5.26 Å². The van der Waals surface area contributed by atoms with Crippen molar-refractivity contribution in [2.75, 3.05) is 12.3 Å². The summed E-state index contributed by atoms with van der Waals surface area (Å²) >= 11 is 8.82. The van der Waals surface area contributed by atoms with Gasteiger partial charge in [0.2, 0.25) is 0 Å². The van der Waals surface area contributed by atoms with Gasteiger partial charge in [-0.1, -0.05) is 28.6 Å². The molecule has 0 radical (unpaired) electrons. The largest absolute Gasteiger partial charge is 0.394 e. The average molecular weight is 465 g/mol. The molecule has 1 aromatic carbocycles. The maximum Gasteiger partial charge on any atom is 0.180 e. The van der Waals surface area contributed by atoms with Gasteiger partial charge in [0, 0.05) is 16.7 Å². The molecule has 2 aromatic heterocycles. The standard InChI is InChI=1S/C18H17ClN6O3S2/c19-11-3-10(2-1-9(11)5-20)30-16-4-14(17(27)15(7-26)28-16)25-6-12(23-24-25)13-8-29-18(21)22-13/h1-3,6,8,14-17,26-27H,4,7H2,(H2,21,22)/t14-,15?,16-,17?/m1/s1. The SMILES string of the molecule is N#Cc1ccc(S[C@@H]2C[C@@H](n3cc(-c4csc(N)n4)nn3)C(O)C(CO)O2)cc1Cl. The van der Waals surface area contributed by atoms with Crippen molar-refractivity contribution < 1.29 is 14.9 Å². The molecule has 0 spiro atoms. The molecular formula is C18H17ClN6O3S2. The number of hydrogen-bond donors (Lipinski definition) is 3. The first-order chi connectivity index (χ1) is 14.5. The number of nitrogens with zero attached hydrogens (tertiary/aromatic N) is 5. The first-order valence-corrected chi connectivity index (χ1v) is 11.1. The van der Waals surface area contributed by atoms with Crippen LogP contribution in [0.4, 0.5) is 5.13 Å². The van der Waals surface area contributed by atoms with Crippen LogP contribution in [0.25, 0.3) is 11.4 Å². The smallest absolute Gasteiger partial charge is 0.180 e. The van der Waals surface area contributed by atoms with Gasteiger partial charge in [0.25, 0.3) is 0 Å². The molecule has 0 saturated carbocycles. The molecule has 0 aliphatic carbocycles. The molecule has 4 N–H and O–H groups in total. The highest BCUT2D eigenvalue weighted by molar-refractivity contribution is 7.99. The van der Waals surface area contributed by atoms with Crippen molar-refractivity contribution >= 4 is 39.8 Å². The number of thioether (sulfide) groups is 1. The molecule has 3 heterocycles. The van der Waals surface area contributed by atoms with E-state index in [1.807, 2.05) is 6.07 Å². The van der Waals surface area contributed by atoms with Gasteiger partial charge in [0.15, 0.2) is 5.13 Å². The molecule has 1 aliphatic heterocycles. The van der Waals surface area contributed by atoms with Crippen molar-refractivity contribution in [2.24, 2.45) is 0 Å². The average Bonchev–Trinajstić information content (AvgIpc) is 3.38. The fourth-order valence-electron chi connectivity index (χ4n) is 3.18. The molecule has 0 amide bonds. The number of thiazole rings is 1. The fourth-order valence-corrected chi connectivity index (χ4v) is 5.15. The molecule has 4 rings (SSSR count). The molecule has 0 bridgehead atoms. The van der Waals surface area contributed by atoms with Crippen LogP contribution in [0.3, 0.4) is 0 Å². The van der Waals surface area contributed by atoms with Crippen molar-refractivity contribution in [3.63, 3.8) is 0 Å². The van der Waals surface area contributed by atoms with Crippen LogP contribution in [0.2, 0.25) is 5.02 Å². The summed E-state index contributed by atoms with van der Waals surface area (Å²) in [6.07, 6.45) is 0.369. The van der Waals surface area contributed by atoms with Gasteiger partial charge in [-0.15, -0.1) is 16.4 Å². The Morgan fingerprint density at radius 3 is 2.93 bits per heavy atom. The van der Waals surface area contributed by atoms with E-state index < -0.39 is 18.2 Å². The first kappa shape index (κ1) is 21.0. The van der Waals surface area contributed by atoms with Crippen molar-refractivity contribution in [3.05, 3.63) is 40.4 Å². The van der Waals surface area contributed by atoms with E-state index in [1.54, 1.807) is 34.5 Å². The van der Waals surface area contributed by atoms with Gasteiger partial charge in [-0.3, -0.25) is 0 Å². The molecule has 156 valence electrons. The molecule has 9 nitrogen and oxygen atoms in total. The highest BCUT2D eigenvalue weighted by atomic mass is 35.5. The lowest BCUT2D eigenvalue weighted by atomic mass is 10.00. The molecular weight excluding hydrogens is 448 g/mol. The number of halogens is 1. The van der Waals surface area contributed by atoms with Gasteiger partial charge >= 0.3 is 0 Å². The monoisotopic (exact) mass is 464 g/mol. The summed E-state index contributed by atoms with van der Waals surface area (Å²) in [6, 6.07) is 6.69. The van der Waals surface area contributed by atoms with E-state index in [2.05, 4.69) is 15.3 Å². The topological polar surface area (TPSA) is 143 Å². The van der Waals surface area contributed by atoms with Crippen LogP contribution in [-0.2, 0) is 4.74 Å². The van der Waals surface area contributed by atoms with Crippen LogP contribution in [0.1, 0.15) is 18.0 Å². The number of hydrogen-bond acceptors (Lipinski definition) is 10. The van der Waals surface area contributed by atoms with Crippen LogP contribution < -0.4 is 5.73 Å². The van der Waals surface area contributed by atoms with Gasteiger partial charge < -0.3 is 20.7 Å². The number of benzene rings is 1. The highest BCUT2D eigenvalue weighted by Crippen LogP contribution is 2.38. The Labute approximate surface area is 185 Å². The number of ether oxygens (including phenoxy) is 1. The summed E-state index contributed by atoms with van der Waals surface area (Å²) in [5, 5.41) is 40.3. The molecule has 12 heteroatoms. The fraction of sp³-hybridized carbons (Fsp3) is 0.333. The Bertz CT molecular complexity index is 1080. The number of nitriles is 1. The Kier molecular flexibility index (Phi) is 6.24. The van der Waals surface area contributed by atoms with Crippen LogP contribution in [-0.4, -0.2) is 54.4 Å². The summed E-state index contributed by atoms with van der Waals surface area (Å²) in [6.45, 7) is -0.340. The van der Waals surface area contributed by atoms with Gasteiger partial charge in [-0.25, -0.2) is 9.67 Å². The minimum atomic E-state index is -0.966. The number of nitrogen functional groups attached to an aromatic ring is 1. The number of nitrogens with two attached hydrogens (primary N) is 1. The molecule has 3 aromatic rings. The zero-order valence-electron chi connectivity index (χ0n) is 15.4. The molecule has 30 heavy (non-hydrogen) atoms. The normalized spacial score (nSPS) is 23.9.